The molecular weight excluding hydrogens is 319 g/mol. The summed E-state index contributed by atoms with van der Waals surface area (Å²) in [6.45, 7) is 1.68. The molecule has 0 aliphatic heterocycles. The minimum atomic E-state index is -4.38. The van der Waals surface area contributed by atoms with Crippen molar-refractivity contribution >= 4 is 17.7 Å². The maximum atomic E-state index is 12.5. The first-order valence-corrected chi connectivity index (χ1v) is 7.16. The molecule has 126 valence electrons. The van der Waals surface area contributed by atoms with Crippen molar-refractivity contribution in [2.75, 3.05) is 5.32 Å². The highest BCUT2D eigenvalue weighted by Gasteiger charge is 2.29. The lowest BCUT2D eigenvalue weighted by Crippen LogP contribution is -2.09. The van der Waals surface area contributed by atoms with Gasteiger partial charge in [-0.3, -0.25) is 4.79 Å². The summed E-state index contributed by atoms with van der Waals surface area (Å²) in [6.07, 6.45) is -1.71. The molecule has 2 rings (SSSR count). The van der Waals surface area contributed by atoms with E-state index < -0.39 is 17.6 Å². The second kappa shape index (κ2) is 7.31. The second-order valence-electron chi connectivity index (χ2n) is 5.25. The van der Waals surface area contributed by atoms with Gasteiger partial charge in [0.2, 0.25) is 5.91 Å². The first-order chi connectivity index (χ1) is 11.3. The van der Waals surface area contributed by atoms with E-state index in [1.165, 1.54) is 24.3 Å². The molecule has 0 aliphatic carbocycles. The number of hydrogen-bond donors (Lipinski definition) is 2. The topological polar surface area (TPSA) is 49.3 Å². The summed E-state index contributed by atoms with van der Waals surface area (Å²) in [5.74, 6) is -0.409. The lowest BCUT2D eigenvalue weighted by Gasteiger charge is -2.08. The number of aliphatic hydroxyl groups is 1. The summed E-state index contributed by atoms with van der Waals surface area (Å²) in [4.78, 5) is 11.9. The Hall–Kier alpha value is -2.60. The number of hydrogen-bond acceptors (Lipinski definition) is 2. The van der Waals surface area contributed by atoms with Gasteiger partial charge in [0.05, 0.1) is 12.2 Å². The van der Waals surface area contributed by atoms with Crippen molar-refractivity contribution in [1.29, 1.82) is 0 Å². The van der Waals surface area contributed by atoms with Crippen LogP contribution in [0, 0.1) is 6.92 Å². The summed E-state index contributed by atoms with van der Waals surface area (Å²) in [7, 11) is 0. The molecule has 0 fully saturated rings. The number of halogens is 3. The summed E-state index contributed by atoms with van der Waals surface area (Å²) >= 11 is 0. The van der Waals surface area contributed by atoms with Crippen LogP contribution in [-0.2, 0) is 17.6 Å². The normalized spacial score (nSPS) is 11.7. The summed E-state index contributed by atoms with van der Waals surface area (Å²) in [5, 5.41) is 11.8. The Bertz CT molecular complexity index is 750. The summed E-state index contributed by atoms with van der Waals surface area (Å²) in [5.41, 5.74) is 1.83. The number of amides is 1. The first kappa shape index (κ1) is 17.7. The summed E-state index contributed by atoms with van der Waals surface area (Å²) < 4.78 is 37.4. The maximum Gasteiger partial charge on any atom is 0.416 e. The van der Waals surface area contributed by atoms with Crippen LogP contribution in [0.15, 0.2) is 48.5 Å². The molecule has 0 saturated carbocycles. The van der Waals surface area contributed by atoms with Crippen LogP contribution in [-0.4, -0.2) is 11.0 Å². The van der Waals surface area contributed by atoms with Gasteiger partial charge in [0, 0.05) is 11.8 Å². The van der Waals surface area contributed by atoms with Gasteiger partial charge in [0.25, 0.3) is 0 Å². The van der Waals surface area contributed by atoms with Crippen molar-refractivity contribution < 1.29 is 23.1 Å². The zero-order valence-electron chi connectivity index (χ0n) is 12.9. The molecule has 24 heavy (non-hydrogen) atoms. The molecule has 2 aromatic rings. The second-order valence-corrected chi connectivity index (χ2v) is 5.25. The van der Waals surface area contributed by atoms with Crippen molar-refractivity contribution in [2.24, 2.45) is 0 Å². The number of carbonyl (C=O) groups excluding carboxylic acids is 1. The molecule has 0 saturated heterocycles. The number of alkyl halides is 3. The quantitative estimate of drug-likeness (QED) is 0.825. The van der Waals surface area contributed by atoms with E-state index >= 15 is 0 Å². The van der Waals surface area contributed by atoms with Crippen LogP contribution in [0.2, 0.25) is 0 Å². The van der Waals surface area contributed by atoms with E-state index in [1.54, 1.807) is 18.2 Å². The van der Waals surface area contributed by atoms with E-state index in [0.717, 1.165) is 17.7 Å². The fourth-order valence-electron chi connectivity index (χ4n) is 2.03. The van der Waals surface area contributed by atoms with Crippen molar-refractivity contribution in [3.05, 3.63) is 70.8 Å². The molecule has 0 heterocycles. The number of nitrogens with one attached hydrogen (secondary N) is 1. The molecule has 0 radical (unpaired) electrons. The molecule has 2 N–H and O–H groups in total. The highest BCUT2D eigenvalue weighted by Crippen LogP contribution is 2.29. The van der Waals surface area contributed by atoms with Crippen LogP contribution in [0.25, 0.3) is 6.08 Å². The molecule has 2 aromatic carbocycles. The van der Waals surface area contributed by atoms with Crippen molar-refractivity contribution in [2.45, 2.75) is 19.7 Å². The van der Waals surface area contributed by atoms with Crippen LogP contribution in [0.3, 0.4) is 0 Å². The standard InChI is InChI=1S/C18H16F3NO2/c1-12-2-3-14(11-23)10-16(12)22-17(24)9-6-13-4-7-15(8-5-13)18(19,20)21/h2-10,23H,11H2,1H3,(H,22,24)/b9-6+. The predicted molar refractivity (Wildman–Crippen MR) is 86.2 cm³/mol. The fourth-order valence-corrected chi connectivity index (χ4v) is 2.03. The molecule has 0 aromatic heterocycles. The number of rotatable bonds is 4. The third-order valence-electron chi connectivity index (χ3n) is 3.41. The highest BCUT2D eigenvalue weighted by molar-refractivity contribution is 6.02. The van der Waals surface area contributed by atoms with Crippen LogP contribution in [0.4, 0.5) is 18.9 Å². The van der Waals surface area contributed by atoms with E-state index in [0.29, 0.717) is 16.8 Å². The lowest BCUT2D eigenvalue weighted by atomic mass is 10.1. The van der Waals surface area contributed by atoms with Crippen molar-refractivity contribution in [3.63, 3.8) is 0 Å². The summed E-state index contributed by atoms with van der Waals surface area (Å²) in [6, 6.07) is 9.72. The van der Waals surface area contributed by atoms with Gasteiger partial charge in [0.15, 0.2) is 0 Å². The smallest absolute Gasteiger partial charge is 0.392 e. The van der Waals surface area contributed by atoms with Gasteiger partial charge in [-0.15, -0.1) is 0 Å². The Morgan fingerprint density at radius 3 is 2.42 bits per heavy atom. The zero-order valence-corrected chi connectivity index (χ0v) is 12.9. The lowest BCUT2D eigenvalue weighted by molar-refractivity contribution is -0.137. The number of anilines is 1. The van der Waals surface area contributed by atoms with E-state index in [9.17, 15) is 18.0 Å². The van der Waals surface area contributed by atoms with Crippen molar-refractivity contribution in [1.82, 2.24) is 0 Å². The Labute approximate surface area is 137 Å². The monoisotopic (exact) mass is 335 g/mol. The van der Waals surface area contributed by atoms with E-state index in [1.807, 2.05) is 6.92 Å². The van der Waals surface area contributed by atoms with Crippen molar-refractivity contribution in [3.8, 4) is 0 Å². The van der Waals surface area contributed by atoms with Gasteiger partial charge in [-0.05, 0) is 47.9 Å². The average molecular weight is 335 g/mol. The fraction of sp³-hybridized carbons (Fsp3) is 0.167. The number of benzene rings is 2. The van der Waals surface area contributed by atoms with E-state index in [4.69, 9.17) is 5.11 Å². The van der Waals surface area contributed by atoms with Gasteiger partial charge in [-0.2, -0.15) is 13.2 Å². The predicted octanol–water partition coefficient (Wildman–Crippen LogP) is 4.16. The zero-order chi connectivity index (χ0) is 17.7. The molecule has 3 nitrogen and oxygen atoms in total. The van der Waals surface area contributed by atoms with Crippen LogP contribution in [0.5, 0.6) is 0 Å². The minimum absolute atomic E-state index is 0.134. The Morgan fingerprint density at radius 1 is 1.17 bits per heavy atom. The Morgan fingerprint density at radius 2 is 1.83 bits per heavy atom. The number of aryl methyl sites for hydroxylation is 1. The highest BCUT2D eigenvalue weighted by atomic mass is 19.4. The maximum absolute atomic E-state index is 12.5. The first-order valence-electron chi connectivity index (χ1n) is 7.16. The van der Waals surface area contributed by atoms with Gasteiger partial charge < -0.3 is 10.4 Å². The largest absolute Gasteiger partial charge is 0.416 e. The number of carbonyl (C=O) groups is 1. The van der Waals surface area contributed by atoms with Gasteiger partial charge in [0.1, 0.15) is 0 Å². The molecular formula is C18H16F3NO2. The number of aliphatic hydroxyl groups excluding tert-OH is 1. The molecule has 6 heteroatoms. The van der Waals surface area contributed by atoms with Gasteiger partial charge >= 0.3 is 6.18 Å². The SMILES string of the molecule is Cc1ccc(CO)cc1NC(=O)/C=C/c1ccc(C(F)(F)F)cc1. The van der Waals surface area contributed by atoms with Crippen LogP contribution >= 0.6 is 0 Å². The minimum Gasteiger partial charge on any atom is -0.392 e. The molecule has 0 bridgehead atoms. The van der Waals surface area contributed by atoms with E-state index in [-0.39, 0.29) is 6.61 Å². The molecule has 0 spiro atoms. The van der Waals surface area contributed by atoms with Crippen LogP contribution in [0.1, 0.15) is 22.3 Å². The third-order valence-corrected chi connectivity index (χ3v) is 3.41. The van der Waals surface area contributed by atoms with E-state index in [2.05, 4.69) is 5.32 Å². The van der Waals surface area contributed by atoms with Gasteiger partial charge in [-0.1, -0.05) is 24.3 Å². The molecule has 1 amide bonds. The Kier molecular flexibility index (Phi) is 5.41. The Balaban J connectivity index is 2.05. The molecule has 0 atom stereocenters. The van der Waals surface area contributed by atoms with Gasteiger partial charge in [-0.25, -0.2) is 0 Å². The molecule has 0 unspecified atom stereocenters. The third kappa shape index (κ3) is 4.70. The molecule has 0 aliphatic rings. The average Bonchev–Trinajstić information content (AvgIpc) is 2.54. The van der Waals surface area contributed by atoms with Crippen LogP contribution < -0.4 is 5.32 Å².